The third-order valence-corrected chi connectivity index (χ3v) is 5.30. The first-order chi connectivity index (χ1) is 17.6. The van der Waals surface area contributed by atoms with E-state index in [4.69, 9.17) is 4.74 Å². The molecule has 0 bridgehead atoms. The number of benzene rings is 3. The van der Waals surface area contributed by atoms with Gasteiger partial charge in [-0.15, -0.1) is 13.2 Å². The summed E-state index contributed by atoms with van der Waals surface area (Å²) >= 11 is 0. The minimum absolute atomic E-state index is 0.141. The van der Waals surface area contributed by atoms with E-state index < -0.39 is 22.6 Å². The zero-order valence-electron chi connectivity index (χ0n) is 19.4. The molecule has 0 spiro atoms. The van der Waals surface area contributed by atoms with Gasteiger partial charge in [-0.25, -0.2) is 4.68 Å². The van der Waals surface area contributed by atoms with Crippen molar-refractivity contribution in [1.82, 2.24) is 9.78 Å². The van der Waals surface area contributed by atoms with Gasteiger partial charge in [-0.3, -0.25) is 25.0 Å². The molecular formula is C25H19F3N4O5. The number of nitrogens with zero attached hydrogens (tertiary/aromatic N) is 3. The largest absolute Gasteiger partial charge is 0.573 e. The molecule has 0 saturated heterocycles. The molecule has 1 aromatic heterocycles. The van der Waals surface area contributed by atoms with Crippen molar-refractivity contribution in [2.45, 2.75) is 13.3 Å². The van der Waals surface area contributed by atoms with Crippen LogP contribution in [-0.2, 0) is 0 Å². The number of ether oxygens (including phenoxy) is 2. The van der Waals surface area contributed by atoms with Crippen LogP contribution in [0, 0.1) is 10.1 Å². The fourth-order valence-electron chi connectivity index (χ4n) is 3.64. The van der Waals surface area contributed by atoms with E-state index in [1.807, 2.05) is 0 Å². The number of aliphatic imine (C=N–C) groups is 1. The number of hydrogen-bond donors (Lipinski definition) is 1. The average molecular weight is 512 g/mol. The first-order valence-electron chi connectivity index (χ1n) is 10.7. The Morgan fingerprint density at radius 2 is 1.70 bits per heavy atom. The number of aromatic nitrogens is 2. The lowest BCUT2D eigenvalue weighted by Crippen LogP contribution is -2.19. The molecule has 0 aliphatic carbocycles. The summed E-state index contributed by atoms with van der Waals surface area (Å²) in [5, 5.41) is 14.0. The predicted molar refractivity (Wildman–Crippen MR) is 130 cm³/mol. The normalized spacial score (nSPS) is 11.9. The van der Waals surface area contributed by atoms with Crippen molar-refractivity contribution >= 4 is 17.1 Å². The number of rotatable bonds is 7. The summed E-state index contributed by atoms with van der Waals surface area (Å²) in [5.41, 5.74) is 1.20. The van der Waals surface area contributed by atoms with Crippen LogP contribution in [0.25, 0.3) is 16.9 Å². The maximum absolute atomic E-state index is 13.5. The minimum atomic E-state index is -4.86. The molecule has 37 heavy (non-hydrogen) atoms. The Morgan fingerprint density at radius 1 is 1.03 bits per heavy atom. The highest BCUT2D eigenvalue weighted by Gasteiger charge is 2.31. The molecule has 0 saturated carbocycles. The monoisotopic (exact) mass is 512 g/mol. The summed E-state index contributed by atoms with van der Waals surface area (Å²) in [6.45, 7) is 1.55. The van der Waals surface area contributed by atoms with Crippen molar-refractivity contribution in [2.75, 3.05) is 7.11 Å². The van der Waals surface area contributed by atoms with Crippen LogP contribution in [0.5, 0.6) is 11.5 Å². The van der Waals surface area contributed by atoms with Crippen LogP contribution in [0.2, 0.25) is 0 Å². The number of alkyl halides is 3. The lowest BCUT2D eigenvalue weighted by Gasteiger charge is -2.09. The van der Waals surface area contributed by atoms with Crippen molar-refractivity contribution < 1.29 is 27.6 Å². The zero-order chi connectivity index (χ0) is 26.7. The third kappa shape index (κ3) is 5.69. The van der Waals surface area contributed by atoms with Gasteiger partial charge < -0.3 is 9.47 Å². The van der Waals surface area contributed by atoms with Crippen molar-refractivity contribution in [3.05, 3.63) is 98.8 Å². The minimum Gasteiger partial charge on any atom is -0.497 e. The number of nitrogens with one attached hydrogen (secondary N) is 1. The number of nitro benzene ring substituents is 1. The highest BCUT2D eigenvalue weighted by molar-refractivity contribution is 6.04. The van der Waals surface area contributed by atoms with Gasteiger partial charge in [0.1, 0.15) is 11.5 Å². The van der Waals surface area contributed by atoms with E-state index in [0.717, 1.165) is 12.1 Å². The van der Waals surface area contributed by atoms with Gasteiger partial charge in [0, 0.05) is 23.8 Å². The van der Waals surface area contributed by atoms with Crippen molar-refractivity contribution in [3.8, 4) is 28.4 Å². The molecule has 0 fully saturated rings. The molecule has 0 aliphatic rings. The number of halogens is 3. The van der Waals surface area contributed by atoms with Crippen molar-refractivity contribution in [3.63, 3.8) is 0 Å². The van der Waals surface area contributed by atoms with E-state index in [0.29, 0.717) is 22.7 Å². The highest BCUT2D eigenvalue weighted by atomic mass is 19.4. The van der Waals surface area contributed by atoms with Gasteiger partial charge in [-0.2, -0.15) is 0 Å². The van der Waals surface area contributed by atoms with Crippen LogP contribution in [0.15, 0.2) is 82.6 Å². The van der Waals surface area contributed by atoms with Crippen molar-refractivity contribution in [1.29, 1.82) is 0 Å². The molecule has 0 radical (unpaired) electrons. The lowest BCUT2D eigenvalue weighted by atomic mass is 10.0. The fraction of sp³-hybridized carbons (Fsp3) is 0.120. The lowest BCUT2D eigenvalue weighted by molar-refractivity contribution is -0.384. The summed E-state index contributed by atoms with van der Waals surface area (Å²) in [6, 6.07) is 17.3. The number of hydrogen-bond acceptors (Lipinski definition) is 6. The number of non-ortho nitro benzene ring substituents is 1. The second kappa shape index (κ2) is 10.0. The van der Waals surface area contributed by atoms with E-state index in [9.17, 15) is 28.1 Å². The van der Waals surface area contributed by atoms with Crippen LogP contribution in [0.3, 0.4) is 0 Å². The van der Waals surface area contributed by atoms with Gasteiger partial charge in [0.25, 0.3) is 11.2 Å². The standard InChI is InChI=1S/C25H19F3N4O5/c1-15(29-17-4-3-5-21(14-17)37-25(26,27)28)22-23(16-6-12-20(36-2)13-7-16)30-31(24(22)33)18-8-10-19(11-9-18)32(34)35/h3-14,30H,1-2H3. The Labute approximate surface area is 207 Å². The fourth-order valence-corrected chi connectivity index (χ4v) is 3.64. The topological polar surface area (TPSA) is 112 Å². The molecule has 3 aromatic carbocycles. The SMILES string of the molecule is COc1ccc(-c2[nH]n(-c3ccc([N+](=O)[O-])cc3)c(=O)c2C(C)=Nc2cccc(OC(F)(F)F)c2)cc1. The Balaban J connectivity index is 1.84. The Bertz CT molecular complexity index is 1520. The average Bonchev–Trinajstić information content (AvgIpc) is 3.20. The maximum Gasteiger partial charge on any atom is 0.573 e. The molecule has 0 amide bonds. The van der Waals surface area contributed by atoms with E-state index in [2.05, 4.69) is 14.8 Å². The molecule has 0 atom stereocenters. The van der Waals surface area contributed by atoms with Gasteiger partial charge >= 0.3 is 6.36 Å². The smallest absolute Gasteiger partial charge is 0.497 e. The summed E-state index contributed by atoms with van der Waals surface area (Å²) in [6.07, 6.45) is -4.86. The molecule has 4 aromatic rings. The molecule has 4 rings (SSSR count). The highest BCUT2D eigenvalue weighted by Crippen LogP contribution is 2.28. The van der Waals surface area contributed by atoms with Gasteiger partial charge in [0.05, 0.1) is 40.4 Å². The summed E-state index contributed by atoms with van der Waals surface area (Å²) in [7, 11) is 1.51. The summed E-state index contributed by atoms with van der Waals surface area (Å²) in [4.78, 5) is 28.3. The van der Waals surface area contributed by atoms with Gasteiger partial charge in [-0.05, 0) is 55.5 Å². The first kappa shape index (κ1) is 25.2. The number of aromatic amines is 1. The van der Waals surface area contributed by atoms with Crippen LogP contribution in [-0.4, -0.2) is 33.9 Å². The zero-order valence-corrected chi connectivity index (χ0v) is 19.4. The molecular weight excluding hydrogens is 493 g/mol. The maximum atomic E-state index is 13.5. The predicted octanol–water partition coefficient (Wildman–Crippen LogP) is 5.79. The van der Waals surface area contributed by atoms with E-state index in [1.54, 1.807) is 31.2 Å². The van der Waals surface area contributed by atoms with Crippen LogP contribution >= 0.6 is 0 Å². The number of nitro groups is 1. The second-order valence-electron chi connectivity index (χ2n) is 7.75. The van der Waals surface area contributed by atoms with Crippen LogP contribution in [0.4, 0.5) is 24.5 Å². The molecule has 1 heterocycles. The van der Waals surface area contributed by atoms with E-state index in [-0.39, 0.29) is 22.6 Å². The Kier molecular flexibility index (Phi) is 6.83. The Morgan fingerprint density at radius 3 is 2.30 bits per heavy atom. The molecule has 0 unspecified atom stereocenters. The van der Waals surface area contributed by atoms with Gasteiger partial charge in [0.2, 0.25) is 0 Å². The van der Waals surface area contributed by atoms with E-state index in [1.165, 1.54) is 48.2 Å². The van der Waals surface area contributed by atoms with Crippen LogP contribution in [0.1, 0.15) is 12.5 Å². The van der Waals surface area contributed by atoms with Crippen LogP contribution < -0.4 is 15.0 Å². The van der Waals surface area contributed by atoms with Crippen molar-refractivity contribution in [2.24, 2.45) is 4.99 Å². The van der Waals surface area contributed by atoms with Gasteiger partial charge in [0.15, 0.2) is 0 Å². The summed E-state index contributed by atoms with van der Waals surface area (Å²) < 4.78 is 48.2. The Hall–Kier alpha value is -4.87. The second-order valence-corrected chi connectivity index (χ2v) is 7.75. The first-order valence-corrected chi connectivity index (χ1v) is 10.7. The molecule has 1 N–H and O–H groups in total. The molecule has 9 nitrogen and oxygen atoms in total. The number of H-pyrrole nitrogens is 1. The van der Waals surface area contributed by atoms with E-state index >= 15 is 0 Å². The molecule has 12 heteroatoms. The molecule has 0 aliphatic heterocycles. The summed E-state index contributed by atoms with van der Waals surface area (Å²) in [5.74, 6) is 0.142. The quantitative estimate of drug-likeness (QED) is 0.191. The van der Waals surface area contributed by atoms with Gasteiger partial charge in [-0.1, -0.05) is 6.07 Å². The number of methoxy groups -OCH3 is 1. The third-order valence-electron chi connectivity index (χ3n) is 5.30. The molecule has 190 valence electrons.